The molecule has 1 aliphatic rings. The van der Waals surface area contributed by atoms with E-state index in [1.54, 1.807) is 35.2 Å². The zero-order chi connectivity index (χ0) is 19.2. The predicted octanol–water partition coefficient (Wildman–Crippen LogP) is 3.79. The Labute approximate surface area is 155 Å². The number of anilines is 1. The predicted molar refractivity (Wildman–Crippen MR) is 97.3 cm³/mol. The monoisotopic (exact) mass is 376 g/mol. The Kier molecular flexibility index (Phi) is 6.01. The van der Waals surface area contributed by atoms with Crippen LogP contribution in [0.2, 0.25) is 0 Å². The van der Waals surface area contributed by atoms with Gasteiger partial charge in [-0.05, 0) is 48.0 Å². The van der Waals surface area contributed by atoms with Crippen LogP contribution in [0.25, 0.3) is 6.08 Å². The van der Waals surface area contributed by atoms with Crippen molar-refractivity contribution in [1.82, 2.24) is 4.90 Å². The van der Waals surface area contributed by atoms with E-state index in [1.165, 1.54) is 30.3 Å². The molecule has 0 radical (unpaired) electrons. The first-order chi connectivity index (χ1) is 13.0. The Morgan fingerprint density at radius 3 is 2.19 bits per heavy atom. The van der Waals surface area contributed by atoms with Crippen molar-refractivity contribution in [2.45, 2.75) is 6.61 Å². The second-order valence-corrected chi connectivity index (χ2v) is 6.07. The van der Waals surface area contributed by atoms with Crippen molar-refractivity contribution in [2.75, 3.05) is 31.1 Å². The van der Waals surface area contributed by atoms with Crippen molar-refractivity contribution in [2.24, 2.45) is 0 Å². The minimum atomic E-state index is -2.86. The van der Waals surface area contributed by atoms with Gasteiger partial charge in [0.1, 0.15) is 11.6 Å². The van der Waals surface area contributed by atoms with Crippen molar-refractivity contribution < 1.29 is 22.7 Å². The van der Waals surface area contributed by atoms with E-state index in [9.17, 15) is 18.0 Å². The van der Waals surface area contributed by atoms with Crippen LogP contribution in [-0.4, -0.2) is 43.6 Å². The van der Waals surface area contributed by atoms with Crippen LogP contribution < -0.4 is 9.64 Å². The summed E-state index contributed by atoms with van der Waals surface area (Å²) in [7, 11) is 0. The van der Waals surface area contributed by atoms with E-state index >= 15 is 0 Å². The van der Waals surface area contributed by atoms with E-state index in [-0.39, 0.29) is 17.5 Å². The molecule has 0 N–H and O–H groups in total. The highest BCUT2D eigenvalue weighted by atomic mass is 19.3. The smallest absolute Gasteiger partial charge is 0.387 e. The summed E-state index contributed by atoms with van der Waals surface area (Å²) in [6, 6.07) is 12.4. The van der Waals surface area contributed by atoms with Gasteiger partial charge in [-0.3, -0.25) is 4.79 Å². The highest BCUT2D eigenvalue weighted by Crippen LogP contribution is 2.18. The molecule has 0 unspecified atom stereocenters. The summed E-state index contributed by atoms with van der Waals surface area (Å²) >= 11 is 0. The SMILES string of the molecule is O=C(/C=C/c1ccc(OC(F)F)cc1)N1CCN(c2ccc(F)cc2)CC1. The van der Waals surface area contributed by atoms with Crippen LogP contribution in [0.1, 0.15) is 5.56 Å². The van der Waals surface area contributed by atoms with Crippen molar-refractivity contribution in [3.8, 4) is 5.75 Å². The number of carbonyl (C=O) groups is 1. The van der Waals surface area contributed by atoms with Gasteiger partial charge in [-0.1, -0.05) is 12.1 Å². The number of hydrogen-bond acceptors (Lipinski definition) is 3. The molecule has 1 amide bonds. The maximum atomic E-state index is 13.0. The van der Waals surface area contributed by atoms with Crippen LogP contribution >= 0.6 is 0 Å². The first kappa shape index (κ1) is 18.8. The van der Waals surface area contributed by atoms with E-state index in [1.807, 2.05) is 0 Å². The highest BCUT2D eigenvalue weighted by molar-refractivity contribution is 5.92. The van der Waals surface area contributed by atoms with E-state index in [0.717, 1.165) is 11.3 Å². The quantitative estimate of drug-likeness (QED) is 0.745. The van der Waals surface area contributed by atoms with E-state index in [0.29, 0.717) is 26.2 Å². The summed E-state index contributed by atoms with van der Waals surface area (Å²) in [5.41, 5.74) is 1.65. The number of amides is 1. The molecule has 0 atom stereocenters. The molecule has 4 nitrogen and oxygen atoms in total. The van der Waals surface area contributed by atoms with Crippen LogP contribution in [0.3, 0.4) is 0 Å². The molecule has 0 aliphatic carbocycles. The van der Waals surface area contributed by atoms with Gasteiger partial charge in [-0.15, -0.1) is 0 Å². The fraction of sp³-hybridized carbons (Fsp3) is 0.250. The molecule has 1 heterocycles. The number of ether oxygens (including phenoxy) is 1. The molecule has 2 aromatic carbocycles. The lowest BCUT2D eigenvalue weighted by Crippen LogP contribution is -2.48. The maximum absolute atomic E-state index is 13.0. The molecule has 1 aliphatic heterocycles. The van der Waals surface area contributed by atoms with Gasteiger partial charge in [0.15, 0.2) is 0 Å². The lowest BCUT2D eigenvalue weighted by atomic mass is 10.2. The number of hydrogen-bond donors (Lipinski definition) is 0. The average Bonchev–Trinajstić information content (AvgIpc) is 2.67. The Hall–Kier alpha value is -2.96. The molecule has 7 heteroatoms. The standard InChI is InChI=1S/C20H19F3N2O2/c21-16-4-6-17(7-5-16)24-11-13-25(14-12-24)19(26)10-3-15-1-8-18(9-2-15)27-20(22)23/h1-10,20H,11-14H2/b10-3+. The van der Waals surface area contributed by atoms with Gasteiger partial charge < -0.3 is 14.5 Å². The van der Waals surface area contributed by atoms with Crippen LogP contribution in [0.15, 0.2) is 54.6 Å². The minimum absolute atomic E-state index is 0.0744. The zero-order valence-corrected chi connectivity index (χ0v) is 14.5. The third-order valence-corrected chi connectivity index (χ3v) is 4.31. The summed E-state index contributed by atoms with van der Waals surface area (Å²) in [5, 5.41) is 0. The summed E-state index contributed by atoms with van der Waals surface area (Å²) in [6.45, 7) is -0.374. The lowest BCUT2D eigenvalue weighted by molar-refractivity contribution is -0.126. The number of piperazine rings is 1. The summed E-state index contributed by atoms with van der Waals surface area (Å²) in [6.07, 6.45) is 3.11. The second-order valence-electron chi connectivity index (χ2n) is 6.07. The van der Waals surface area contributed by atoms with Crippen LogP contribution in [0.4, 0.5) is 18.9 Å². The van der Waals surface area contributed by atoms with Crippen molar-refractivity contribution in [3.63, 3.8) is 0 Å². The van der Waals surface area contributed by atoms with Gasteiger partial charge >= 0.3 is 6.61 Å². The second kappa shape index (κ2) is 8.62. The number of carbonyl (C=O) groups excluding carboxylic acids is 1. The van der Waals surface area contributed by atoms with Gasteiger partial charge in [0, 0.05) is 37.9 Å². The number of rotatable bonds is 5. The molecule has 1 saturated heterocycles. The van der Waals surface area contributed by atoms with Crippen LogP contribution in [0.5, 0.6) is 5.75 Å². The van der Waals surface area contributed by atoms with Gasteiger partial charge in [-0.2, -0.15) is 8.78 Å². The molecular weight excluding hydrogens is 357 g/mol. The van der Waals surface area contributed by atoms with Gasteiger partial charge in [0.2, 0.25) is 5.91 Å². The molecule has 0 saturated carbocycles. The average molecular weight is 376 g/mol. The Morgan fingerprint density at radius 1 is 0.963 bits per heavy atom. The molecule has 1 fully saturated rings. The Balaban J connectivity index is 1.51. The molecule has 142 valence electrons. The molecule has 0 aromatic heterocycles. The first-order valence-corrected chi connectivity index (χ1v) is 8.53. The largest absolute Gasteiger partial charge is 0.435 e. The maximum Gasteiger partial charge on any atom is 0.387 e. The third-order valence-electron chi connectivity index (χ3n) is 4.31. The Bertz CT molecular complexity index is 784. The van der Waals surface area contributed by atoms with E-state index in [4.69, 9.17) is 0 Å². The fourth-order valence-electron chi connectivity index (χ4n) is 2.87. The Morgan fingerprint density at radius 2 is 1.59 bits per heavy atom. The summed E-state index contributed by atoms with van der Waals surface area (Å²) in [5.74, 6) is -0.307. The van der Waals surface area contributed by atoms with Gasteiger partial charge in [0.25, 0.3) is 0 Å². The van der Waals surface area contributed by atoms with E-state index < -0.39 is 6.61 Å². The molecular formula is C20H19F3N2O2. The van der Waals surface area contributed by atoms with Crippen molar-refractivity contribution >= 4 is 17.7 Å². The topological polar surface area (TPSA) is 32.8 Å². The van der Waals surface area contributed by atoms with Crippen molar-refractivity contribution in [3.05, 3.63) is 66.0 Å². The first-order valence-electron chi connectivity index (χ1n) is 8.53. The number of nitrogens with zero attached hydrogens (tertiary/aromatic N) is 2. The summed E-state index contributed by atoms with van der Waals surface area (Å²) < 4.78 is 41.5. The van der Waals surface area contributed by atoms with E-state index in [2.05, 4.69) is 9.64 Å². The molecule has 2 aromatic rings. The fourth-order valence-corrected chi connectivity index (χ4v) is 2.87. The van der Waals surface area contributed by atoms with Crippen molar-refractivity contribution in [1.29, 1.82) is 0 Å². The molecule has 3 rings (SSSR count). The molecule has 0 spiro atoms. The van der Waals surface area contributed by atoms with Crippen LogP contribution in [0, 0.1) is 5.82 Å². The zero-order valence-electron chi connectivity index (χ0n) is 14.5. The number of alkyl halides is 2. The number of benzene rings is 2. The molecule has 0 bridgehead atoms. The minimum Gasteiger partial charge on any atom is -0.435 e. The van der Waals surface area contributed by atoms with Gasteiger partial charge in [-0.25, -0.2) is 4.39 Å². The number of halogens is 3. The normalized spacial score (nSPS) is 14.8. The van der Waals surface area contributed by atoms with Crippen LogP contribution in [-0.2, 0) is 4.79 Å². The lowest BCUT2D eigenvalue weighted by Gasteiger charge is -2.35. The highest BCUT2D eigenvalue weighted by Gasteiger charge is 2.19. The molecule has 27 heavy (non-hydrogen) atoms. The summed E-state index contributed by atoms with van der Waals surface area (Å²) in [4.78, 5) is 16.2. The third kappa shape index (κ3) is 5.26. The van der Waals surface area contributed by atoms with Gasteiger partial charge in [0.05, 0.1) is 0 Å².